The fraction of sp³-hybridized carbons (Fsp3) is 0.304. The maximum Gasteiger partial charge on any atom is 0.311 e. The number of methoxy groups -OCH3 is 1. The minimum Gasteiger partial charge on any atom is -0.496 e. The van der Waals surface area contributed by atoms with Crippen LogP contribution >= 0.6 is 0 Å². The van der Waals surface area contributed by atoms with Crippen LogP contribution in [0, 0.1) is 5.92 Å². The van der Waals surface area contributed by atoms with Crippen LogP contribution in [0.1, 0.15) is 29.3 Å². The topological polar surface area (TPSA) is 114 Å². The number of aryl methyl sites for hydroxylation is 1. The van der Waals surface area contributed by atoms with Crippen molar-refractivity contribution >= 4 is 29.4 Å². The van der Waals surface area contributed by atoms with E-state index in [4.69, 9.17) is 9.47 Å². The highest BCUT2D eigenvalue weighted by atomic mass is 16.5. The van der Waals surface area contributed by atoms with Gasteiger partial charge in [-0.3, -0.25) is 29.6 Å². The molecule has 1 aliphatic heterocycles. The van der Waals surface area contributed by atoms with Gasteiger partial charge in [-0.2, -0.15) is 0 Å². The third-order valence-electron chi connectivity index (χ3n) is 5.04. The molecule has 0 unspecified atom stereocenters. The van der Waals surface area contributed by atoms with Gasteiger partial charge in [0.25, 0.3) is 11.8 Å². The van der Waals surface area contributed by atoms with Crippen LogP contribution in [0.15, 0.2) is 48.5 Å². The zero-order valence-corrected chi connectivity index (χ0v) is 17.9. The van der Waals surface area contributed by atoms with E-state index in [1.807, 2.05) is 19.1 Å². The quantitative estimate of drug-likeness (QED) is 0.608. The fourth-order valence-corrected chi connectivity index (χ4v) is 3.26. The SMILES string of the molecule is CCc1ccc(NC(=O)COC(=O)[C@@H]2CC(=O)N(NC(=O)c3ccccc3OC)C2)cc1. The Morgan fingerprint density at radius 2 is 1.81 bits per heavy atom. The molecule has 0 radical (unpaired) electrons. The van der Waals surface area contributed by atoms with Crippen LogP contribution in [0.2, 0.25) is 0 Å². The lowest BCUT2D eigenvalue weighted by Crippen LogP contribution is -2.43. The summed E-state index contributed by atoms with van der Waals surface area (Å²) in [5.74, 6) is -2.52. The highest BCUT2D eigenvalue weighted by Gasteiger charge is 2.37. The summed E-state index contributed by atoms with van der Waals surface area (Å²) in [5.41, 5.74) is 4.49. The van der Waals surface area contributed by atoms with Crippen LogP contribution in [0.5, 0.6) is 5.75 Å². The van der Waals surface area contributed by atoms with Crippen LogP contribution in [0.25, 0.3) is 0 Å². The average molecular weight is 439 g/mol. The Balaban J connectivity index is 1.48. The molecule has 1 saturated heterocycles. The molecule has 0 saturated carbocycles. The summed E-state index contributed by atoms with van der Waals surface area (Å²) in [5, 5.41) is 3.73. The summed E-state index contributed by atoms with van der Waals surface area (Å²) in [6.07, 6.45) is 0.771. The molecule has 2 aromatic rings. The van der Waals surface area contributed by atoms with Gasteiger partial charge in [-0.1, -0.05) is 31.2 Å². The number of carbonyl (C=O) groups excluding carboxylic acids is 4. The first-order chi connectivity index (χ1) is 15.4. The van der Waals surface area contributed by atoms with E-state index in [0.29, 0.717) is 11.4 Å². The molecule has 1 heterocycles. The maximum absolute atomic E-state index is 12.5. The van der Waals surface area contributed by atoms with Crippen molar-refractivity contribution in [3.63, 3.8) is 0 Å². The Kier molecular flexibility index (Phi) is 7.43. The predicted octanol–water partition coefficient (Wildman–Crippen LogP) is 1.93. The predicted molar refractivity (Wildman–Crippen MR) is 116 cm³/mol. The molecular formula is C23H25N3O6. The number of esters is 1. The molecule has 0 bridgehead atoms. The molecule has 2 N–H and O–H groups in total. The molecule has 1 fully saturated rings. The van der Waals surface area contributed by atoms with Gasteiger partial charge in [0.2, 0.25) is 5.91 Å². The lowest BCUT2D eigenvalue weighted by molar-refractivity contribution is -0.151. The number of nitrogens with one attached hydrogen (secondary N) is 2. The van der Waals surface area contributed by atoms with Crippen molar-refractivity contribution in [1.82, 2.24) is 10.4 Å². The van der Waals surface area contributed by atoms with Crippen molar-refractivity contribution in [2.75, 3.05) is 25.6 Å². The van der Waals surface area contributed by atoms with E-state index in [2.05, 4.69) is 10.7 Å². The molecule has 3 rings (SSSR count). The van der Waals surface area contributed by atoms with Crippen LogP contribution in [0.4, 0.5) is 5.69 Å². The van der Waals surface area contributed by atoms with E-state index in [1.165, 1.54) is 7.11 Å². The Hall–Kier alpha value is -3.88. The molecular weight excluding hydrogens is 414 g/mol. The summed E-state index contributed by atoms with van der Waals surface area (Å²) in [6, 6.07) is 13.9. The van der Waals surface area contributed by atoms with E-state index in [1.54, 1.807) is 36.4 Å². The Morgan fingerprint density at radius 3 is 2.50 bits per heavy atom. The zero-order chi connectivity index (χ0) is 23.1. The number of benzene rings is 2. The van der Waals surface area contributed by atoms with Gasteiger partial charge >= 0.3 is 5.97 Å². The first kappa shape index (κ1) is 22.8. The van der Waals surface area contributed by atoms with E-state index in [9.17, 15) is 19.2 Å². The van der Waals surface area contributed by atoms with Crippen LogP contribution in [-0.2, 0) is 25.5 Å². The van der Waals surface area contributed by atoms with Gasteiger partial charge in [0.05, 0.1) is 25.1 Å². The van der Waals surface area contributed by atoms with Gasteiger partial charge in [-0.05, 0) is 36.2 Å². The van der Waals surface area contributed by atoms with Crippen molar-refractivity contribution in [3.8, 4) is 5.75 Å². The lowest BCUT2D eigenvalue weighted by atomic mass is 10.1. The van der Waals surface area contributed by atoms with Crippen molar-refractivity contribution in [2.45, 2.75) is 19.8 Å². The third-order valence-corrected chi connectivity index (χ3v) is 5.04. The molecule has 9 heteroatoms. The van der Waals surface area contributed by atoms with Crippen LogP contribution < -0.4 is 15.5 Å². The summed E-state index contributed by atoms with van der Waals surface area (Å²) < 4.78 is 10.2. The molecule has 1 atom stereocenters. The Bertz CT molecular complexity index is 1010. The fourth-order valence-electron chi connectivity index (χ4n) is 3.26. The van der Waals surface area contributed by atoms with Gasteiger partial charge in [0, 0.05) is 12.1 Å². The number of rotatable bonds is 8. The third kappa shape index (κ3) is 5.63. The minimum absolute atomic E-state index is 0.0430. The van der Waals surface area contributed by atoms with Gasteiger partial charge < -0.3 is 14.8 Å². The van der Waals surface area contributed by atoms with Crippen LogP contribution in [0.3, 0.4) is 0 Å². The average Bonchev–Trinajstić information content (AvgIpc) is 3.18. The lowest BCUT2D eigenvalue weighted by Gasteiger charge is -2.18. The molecule has 0 spiro atoms. The summed E-state index contributed by atoms with van der Waals surface area (Å²) in [4.78, 5) is 49.1. The second-order valence-corrected chi connectivity index (χ2v) is 7.25. The molecule has 9 nitrogen and oxygen atoms in total. The molecule has 1 aliphatic rings. The van der Waals surface area contributed by atoms with E-state index < -0.39 is 36.2 Å². The van der Waals surface area contributed by atoms with Crippen molar-refractivity contribution in [2.24, 2.45) is 5.92 Å². The number of hydrazine groups is 1. The normalized spacial score (nSPS) is 15.2. The standard InChI is InChI=1S/C23H25N3O6/c1-3-15-8-10-17(11-9-15)24-20(27)14-32-23(30)16-12-21(28)26(13-16)25-22(29)18-6-4-5-7-19(18)31-2/h4-11,16H,3,12-14H2,1-2H3,(H,24,27)(H,25,29)/t16-/m1/s1. The number of amides is 3. The number of anilines is 1. The highest BCUT2D eigenvalue weighted by molar-refractivity contribution is 5.98. The number of hydrogen-bond donors (Lipinski definition) is 2. The molecule has 3 amide bonds. The second kappa shape index (κ2) is 10.4. The minimum atomic E-state index is -0.780. The first-order valence-electron chi connectivity index (χ1n) is 10.2. The number of para-hydroxylation sites is 1. The summed E-state index contributed by atoms with van der Waals surface area (Å²) in [6.45, 7) is 1.52. The number of nitrogens with zero attached hydrogens (tertiary/aromatic N) is 1. The van der Waals surface area contributed by atoms with Gasteiger partial charge in [0.1, 0.15) is 5.75 Å². The zero-order valence-electron chi connectivity index (χ0n) is 17.9. The van der Waals surface area contributed by atoms with Gasteiger partial charge in [-0.25, -0.2) is 0 Å². The second-order valence-electron chi connectivity index (χ2n) is 7.25. The van der Waals surface area contributed by atoms with E-state index in [-0.39, 0.29) is 18.5 Å². The monoisotopic (exact) mass is 439 g/mol. The number of carbonyl (C=O) groups is 4. The molecule has 0 aliphatic carbocycles. The summed E-state index contributed by atoms with van der Waals surface area (Å²) in [7, 11) is 1.44. The van der Waals surface area contributed by atoms with Gasteiger partial charge in [0.15, 0.2) is 6.61 Å². The Morgan fingerprint density at radius 1 is 1.09 bits per heavy atom. The van der Waals surface area contributed by atoms with Gasteiger partial charge in [-0.15, -0.1) is 0 Å². The highest BCUT2D eigenvalue weighted by Crippen LogP contribution is 2.20. The largest absolute Gasteiger partial charge is 0.496 e. The van der Waals surface area contributed by atoms with E-state index in [0.717, 1.165) is 17.0 Å². The number of ether oxygens (including phenoxy) is 2. The summed E-state index contributed by atoms with van der Waals surface area (Å²) >= 11 is 0. The molecule has 32 heavy (non-hydrogen) atoms. The van der Waals surface area contributed by atoms with Crippen molar-refractivity contribution in [3.05, 3.63) is 59.7 Å². The van der Waals surface area contributed by atoms with Crippen molar-refractivity contribution in [1.29, 1.82) is 0 Å². The molecule has 168 valence electrons. The smallest absolute Gasteiger partial charge is 0.311 e. The molecule has 0 aromatic heterocycles. The first-order valence-corrected chi connectivity index (χ1v) is 10.2. The van der Waals surface area contributed by atoms with Crippen LogP contribution in [-0.4, -0.2) is 49.0 Å². The van der Waals surface area contributed by atoms with Crippen molar-refractivity contribution < 1.29 is 28.7 Å². The Labute approximate surface area is 185 Å². The maximum atomic E-state index is 12.5. The number of hydrogen-bond acceptors (Lipinski definition) is 6. The molecule has 2 aromatic carbocycles. The van der Waals surface area contributed by atoms with E-state index >= 15 is 0 Å².